The van der Waals surface area contributed by atoms with Crippen LogP contribution in [0.3, 0.4) is 0 Å². The molecule has 0 aliphatic carbocycles. The van der Waals surface area contributed by atoms with E-state index in [4.69, 9.17) is 0 Å². The Hall–Kier alpha value is -2.11. The summed E-state index contributed by atoms with van der Waals surface area (Å²) in [6.45, 7) is 1.32. The molecule has 1 aliphatic rings. The number of hydrogen-bond acceptors (Lipinski definition) is 4. The average molecular weight is 235 g/mol. The Labute approximate surface area is 98.6 Å². The third-order valence-electron chi connectivity index (χ3n) is 2.95. The third-order valence-corrected chi connectivity index (χ3v) is 2.95. The number of carbonyl (C=O) groups excluding carboxylic acids is 1. The summed E-state index contributed by atoms with van der Waals surface area (Å²) < 4.78 is 0. The lowest BCUT2D eigenvalue weighted by atomic mass is 10.1. The van der Waals surface area contributed by atoms with Crippen LogP contribution >= 0.6 is 0 Å². The number of anilines is 1. The van der Waals surface area contributed by atoms with Gasteiger partial charge in [-0.05, 0) is 6.07 Å². The first-order valence-electron chi connectivity index (χ1n) is 5.26. The van der Waals surface area contributed by atoms with Crippen molar-refractivity contribution in [1.29, 1.82) is 0 Å². The number of hydrogen-bond donors (Lipinski definition) is 0. The van der Waals surface area contributed by atoms with Crippen molar-refractivity contribution < 1.29 is 9.72 Å². The van der Waals surface area contributed by atoms with Gasteiger partial charge in [0.2, 0.25) is 0 Å². The maximum absolute atomic E-state index is 12.0. The Morgan fingerprint density at radius 2 is 1.88 bits per heavy atom. The van der Waals surface area contributed by atoms with E-state index in [1.54, 1.807) is 18.0 Å². The van der Waals surface area contributed by atoms with Crippen LogP contribution in [-0.4, -0.2) is 42.9 Å². The van der Waals surface area contributed by atoms with Crippen LogP contribution in [0.5, 0.6) is 0 Å². The van der Waals surface area contributed by atoms with E-state index in [0.29, 0.717) is 18.7 Å². The van der Waals surface area contributed by atoms with Crippen molar-refractivity contribution in [2.45, 2.75) is 0 Å². The molecule has 6 heteroatoms. The standard InChI is InChI=1S/C11H13N3O3/c1-12-5-6-13(2)11(15)9-7-8(14(16)17)3-4-10(9)12/h3-4,7H,5-6H2,1-2H3. The number of carbonyl (C=O) groups is 1. The minimum Gasteiger partial charge on any atom is -0.372 e. The maximum atomic E-state index is 12.0. The van der Waals surface area contributed by atoms with Crippen LogP contribution in [0.4, 0.5) is 11.4 Å². The lowest BCUT2D eigenvalue weighted by Gasteiger charge is -2.17. The fourth-order valence-corrected chi connectivity index (χ4v) is 1.87. The monoisotopic (exact) mass is 235 g/mol. The van der Waals surface area contributed by atoms with Gasteiger partial charge in [-0.1, -0.05) is 0 Å². The molecular weight excluding hydrogens is 222 g/mol. The van der Waals surface area contributed by atoms with Gasteiger partial charge in [0.25, 0.3) is 11.6 Å². The van der Waals surface area contributed by atoms with Gasteiger partial charge in [-0.15, -0.1) is 0 Å². The van der Waals surface area contributed by atoms with E-state index in [-0.39, 0.29) is 11.6 Å². The number of benzene rings is 1. The molecule has 0 N–H and O–H groups in total. The van der Waals surface area contributed by atoms with Gasteiger partial charge in [0, 0.05) is 45.0 Å². The van der Waals surface area contributed by atoms with E-state index in [1.165, 1.54) is 12.1 Å². The van der Waals surface area contributed by atoms with Crippen LogP contribution in [-0.2, 0) is 0 Å². The molecule has 1 aliphatic heterocycles. The van der Waals surface area contributed by atoms with Crippen LogP contribution in [0.25, 0.3) is 0 Å². The van der Waals surface area contributed by atoms with E-state index in [2.05, 4.69) is 0 Å². The first-order valence-corrected chi connectivity index (χ1v) is 5.26. The van der Waals surface area contributed by atoms with E-state index in [9.17, 15) is 14.9 Å². The van der Waals surface area contributed by atoms with Crippen LogP contribution in [0.2, 0.25) is 0 Å². The predicted octanol–water partition coefficient (Wildman–Crippen LogP) is 1.12. The van der Waals surface area contributed by atoms with Crippen molar-refractivity contribution in [2.24, 2.45) is 0 Å². The average Bonchev–Trinajstić information content (AvgIpc) is 2.42. The van der Waals surface area contributed by atoms with Crippen molar-refractivity contribution in [3.63, 3.8) is 0 Å². The highest BCUT2D eigenvalue weighted by molar-refractivity contribution is 6.01. The molecule has 0 radical (unpaired) electrons. The second kappa shape index (κ2) is 4.04. The largest absolute Gasteiger partial charge is 0.372 e. The van der Waals surface area contributed by atoms with Gasteiger partial charge in [-0.2, -0.15) is 0 Å². The molecule has 0 fully saturated rings. The fraction of sp³-hybridized carbons (Fsp3) is 0.364. The molecular formula is C11H13N3O3. The molecule has 0 bridgehead atoms. The van der Waals surface area contributed by atoms with E-state index in [0.717, 1.165) is 5.69 Å². The van der Waals surface area contributed by atoms with Gasteiger partial charge in [0.15, 0.2) is 0 Å². The summed E-state index contributed by atoms with van der Waals surface area (Å²) >= 11 is 0. The molecule has 1 heterocycles. The lowest BCUT2D eigenvalue weighted by Crippen LogP contribution is -2.29. The zero-order valence-corrected chi connectivity index (χ0v) is 9.71. The molecule has 0 unspecified atom stereocenters. The van der Waals surface area contributed by atoms with Crippen LogP contribution < -0.4 is 4.90 Å². The number of non-ortho nitro benzene ring substituents is 1. The topological polar surface area (TPSA) is 66.7 Å². The zero-order chi connectivity index (χ0) is 12.6. The first kappa shape index (κ1) is 11.4. The van der Waals surface area contributed by atoms with Crippen LogP contribution in [0.1, 0.15) is 10.4 Å². The predicted molar refractivity (Wildman–Crippen MR) is 63.3 cm³/mol. The summed E-state index contributed by atoms with van der Waals surface area (Å²) in [5.74, 6) is -0.173. The normalized spacial score (nSPS) is 15.5. The van der Waals surface area contributed by atoms with Crippen molar-refractivity contribution in [3.05, 3.63) is 33.9 Å². The first-order chi connectivity index (χ1) is 8.00. The molecule has 2 rings (SSSR count). The zero-order valence-electron chi connectivity index (χ0n) is 9.71. The Balaban J connectivity index is 2.56. The Morgan fingerprint density at radius 3 is 2.53 bits per heavy atom. The molecule has 0 aromatic heterocycles. The van der Waals surface area contributed by atoms with Gasteiger partial charge in [-0.3, -0.25) is 14.9 Å². The number of fused-ring (bicyclic) bond motifs is 1. The molecule has 0 saturated carbocycles. The summed E-state index contributed by atoms with van der Waals surface area (Å²) in [5.41, 5.74) is 1.08. The SMILES string of the molecule is CN1CCN(C)c2ccc([N+](=O)[O-])cc2C1=O. The Bertz CT molecular complexity index is 487. The van der Waals surface area contributed by atoms with Crippen LogP contribution in [0, 0.1) is 10.1 Å². The quantitative estimate of drug-likeness (QED) is 0.540. The maximum Gasteiger partial charge on any atom is 0.270 e. The van der Waals surface area contributed by atoms with Gasteiger partial charge < -0.3 is 9.80 Å². The number of nitro groups is 1. The van der Waals surface area contributed by atoms with Crippen molar-refractivity contribution in [3.8, 4) is 0 Å². The summed E-state index contributed by atoms with van der Waals surface area (Å²) in [6, 6.07) is 4.40. The molecule has 0 spiro atoms. The van der Waals surface area contributed by atoms with Crippen molar-refractivity contribution in [1.82, 2.24) is 4.90 Å². The molecule has 6 nitrogen and oxygen atoms in total. The summed E-state index contributed by atoms with van der Waals surface area (Å²) in [7, 11) is 3.57. The lowest BCUT2D eigenvalue weighted by molar-refractivity contribution is -0.384. The highest BCUT2D eigenvalue weighted by Gasteiger charge is 2.24. The summed E-state index contributed by atoms with van der Waals surface area (Å²) in [6.07, 6.45) is 0. The number of nitrogens with zero attached hydrogens (tertiary/aromatic N) is 3. The second-order valence-electron chi connectivity index (χ2n) is 4.11. The minimum absolute atomic E-state index is 0.0548. The highest BCUT2D eigenvalue weighted by Crippen LogP contribution is 2.27. The van der Waals surface area contributed by atoms with Gasteiger partial charge in [0.05, 0.1) is 10.5 Å². The van der Waals surface area contributed by atoms with Gasteiger partial charge in [0.1, 0.15) is 0 Å². The molecule has 1 aromatic carbocycles. The molecule has 0 saturated heterocycles. The number of amides is 1. The van der Waals surface area contributed by atoms with E-state index >= 15 is 0 Å². The fourth-order valence-electron chi connectivity index (χ4n) is 1.87. The van der Waals surface area contributed by atoms with E-state index < -0.39 is 4.92 Å². The summed E-state index contributed by atoms with van der Waals surface area (Å²) in [4.78, 5) is 25.8. The number of nitro benzene ring substituents is 1. The highest BCUT2D eigenvalue weighted by atomic mass is 16.6. The van der Waals surface area contributed by atoms with Crippen molar-refractivity contribution >= 4 is 17.3 Å². The molecule has 17 heavy (non-hydrogen) atoms. The molecule has 1 aromatic rings. The smallest absolute Gasteiger partial charge is 0.270 e. The van der Waals surface area contributed by atoms with Gasteiger partial charge in [-0.25, -0.2) is 0 Å². The second-order valence-corrected chi connectivity index (χ2v) is 4.11. The van der Waals surface area contributed by atoms with Crippen LogP contribution in [0.15, 0.2) is 18.2 Å². The Kier molecular flexibility index (Phi) is 2.71. The van der Waals surface area contributed by atoms with E-state index in [1.807, 2.05) is 11.9 Å². The number of rotatable bonds is 1. The Morgan fingerprint density at radius 1 is 1.24 bits per heavy atom. The number of likely N-dealkylation sites (N-methyl/N-ethyl adjacent to an activating group) is 2. The summed E-state index contributed by atoms with van der Waals surface area (Å²) in [5, 5.41) is 10.7. The van der Waals surface area contributed by atoms with Crippen molar-refractivity contribution in [2.75, 3.05) is 32.1 Å². The molecule has 0 atom stereocenters. The third kappa shape index (κ3) is 1.93. The minimum atomic E-state index is -0.488. The van der Waals surface area contributed by atoms with Gasteiger partial charge >= 0.3 is 0 Å². The molecule has 90 valence electrons. The molecule has 1 amide bonds.